The zero-order chi connectivity index (χ0) is 18.9. The van der Waals surface area contributed by atoms with Gasteiger partial charge in [0.2, 0.25) is 5.91 Å². The Morgan fingerprint density at radius 2 is 1.62 bits per heavy atom. The normalized spacial score (nSPS) is 15.3. The molecule has 0 saturated carbocycles. The van der Waals surface area contributed by atoms with Crippen LogP contribution in [-0.4, -0.2) is 51.8 Å². The summed E-state index contributed by atoms with van der Waals surface area (Å²) in [7, 11) is 0. The molecule has 3 rings (SSSR count). The smallest absolute Gasteiger partial charge is 0.416 e. The molecular formula is C17H18F3N3O3. The molecule has 9 heteroatoms. The van der Waals surface area contributed by atoms with E-state index < -0.39 is 11.7 Å². The van der Waals surface area contributed by atoms with Gasteiger partial charge in [-0.2, -0.15) is 13.2 Å². The van der Waals surface area contributed by atoms with Gasteiger partial charge in [-0.15, -0.1) is 0 Å². The number of aromatic nitrogens is 1. The van der Waals surface area contributed by atoms with Crippen molar-refractivity contribution in [3.63, 3.8) is 0 Å². The molecule has 0 atom stereocenters. The number of hydrogen-bond donors (Lipinski definition) is 2. The van der Waals surface area contributed by atoms with Crippen molar-refractivity contribution in [2.45, 2.75) is 12.7 Å². The standard InChI is InChI=1S/C17H18F3N3O3/c18-17(19,20)12-2-1-3-13(10-12)21-6-8-22(9-7-21)16(26)11-23-14(24)4-5-15(23)25/h1-5,10,24-25H,6-9,11H2. The number of benzene rings is 1. The average Bonchev–Trinajstić information content (AvgIpc) is 2.93. The molecule has 1 aliphatic rings. The second kappa shape index (κ2) is 6.81. The number of halogens is 3. The van der Waals surface area contributed by atoms with Gasteiger partial charge in [0.15, 0.2) is 11.8 Å². The first kappa shape index (κ1) is 18.0. The minimum Gasteiger partial charge on any atom is -0.494 e. The quantitative estimate of drug-likeness (QED) is 0.871. The molecular weight excluding hydrogens is 351 g/mol. The molecule has 140 valence electrons. The summed E-state index contributed by atoms with van der Waals surface area (Å²) < 4.78 is 39.6. The summed E-state index contributed by atoms with van der Waals surface area (Å²) >= 11 is 0. The maximum absolute atomic E-state index is 12.8. The highest BCUT2D eigenvalue weighted by molar-refractivity contribution is 5.77. The van der Waals surface area contributed by atoms with Crippen LogP contribution in [0, 0.1) is 0 Å². The van der Waals surface area contributed by atoms with Crippen LogP contribution >= 0.6 is 0 Å². The monoisotopic (exact) mass is 369 g/mol. The van der Waals surface area contributed by atoms with Crippen LogP contribution in [0.5, 0.6) is 11.8 Å². The lowest BCUT2D eigenvalue weighted by Crippen LogP contribution is -2.49. The molecule has 2 N–H and O–H groups in total. The second-order valence-corrected chi connectivity index (χ2v) is 6.05. The minimum atomic E-state index is -4.39. The third kappa shape index (κ3) is 3.71. The molecule has 1 aromatic heterocycles. The number of carbonyl (C=O) groups excluding carboxylic acids is 1. The molecule has 1 aromatic carbocycles. The highest BCUT2D eigenvalue weighted by Crippen LogP contribution is 2.32. The van der Waals surface area contributed by atoms with Gasteiger partial charge < -0.3 is 20.0 Å². The van der Waals surface area contributed by atoms with Gasteiger partial charge in [-0.25, -0.2) is 0 Å². The number of aromatic hydroxyl groups is 2. The van der Waals surface area contributed by atoms with Gasteiger partial charge in [-0.3, -0.25) is 9.36 Å². The van der Waals surface area contributed by atoms with Crippen LogP contribution in [0.15, 0.2) is 36.4 Å². The number of carbonyl (C=O) groups is 1. The summed E-state index contributed by atoms with van der Waals surface area (Å²) in [6.45, 7) is 1.29. The molecule has 0 unspecified atom stereocenters. The predicted molar refractivity (Wildman–Crippen MR) is 88.0 cm³/mol. The first-order chi connectivity index (χ1) is 12.3. The fraction of sp³-hybridized carbons (Fsp3) is 0.353. The number of alkyl halides is 3. The highest BCUT2D eigenvalue weighted by Gasteiger charge is 2.31. The molecule has 2 aromatic rings. The van der Waals surface area contributed by atoms with Gasteiger partial charge >= 0.3 is 6.18 Å². The maximum atomic E-state index is 12.8. The van der Waals surface area contributed by atoms with E-state index >= 15 is 0 Å². The third-order valence-corrected chi connectivity index (χ3v) is 4.40. The average molecular weight is 369 g/mol. The van der Waals surface area contributed by atoms with E-state index in [4.69, 9.17) is 0 Å². The first-order valence-electron chi connectivity index (χ1n) is 8.03. The van der Waals surface area contributed by atoms with E-state index in [-0.39, 0.29) is 24.2 Å². The second-order valence-electron chi connectivity index (χ2n) is 6.05. The first-order valence-corrected chi connectivity index (χ1v) is 8.03. The van der Waals surface area contributed by atoms with Crippen LogP contribution in [0.3, 0.4) is 0 Å². The van der Waals surface area contributed by atoms with Crippen molar-refractivity contribution in [1.82, 2.24) is 9.47 Å². The van der Waals surface area contributed by atoms with Crippen molar-refractivity contribution in [3.05, 3.63) is 42.0 Å². The van der Waals surface area contributed by atoms with Crippen LogP contribution in [0.25, 0.3) is 0 Å². The fourth-order valence-electron chi connectivity index (χ4n) is 2.94. The maximum Gasteiger partial charge on any atom is 0.416 e. The summed E-state index contributed by atoms with van der Waals surface area (Å²) in [4.78, 5) is 15.7. The summed E-state index contributed by atoms with van der Waals surface area (Å²) in [5.74, 6) is -0.701. The molecule has 26 heavy (non-hydrogen) atoms. The van der Waals surface area contributed by atoms with E-state index in [2.05, 4.69) is 0 Å². The number of amides is 1. The molecule has 1 amide bonds. The summed E-state index contributed by atoms with van der Waals surface area (Å²) in [5, 5.41) is 19.2. The SMILES string of the molecule is O=C(Cn1c(O)ccc1O)N1CCN(c2cccc(C(F)(F)F)c2)CC1. The van der Waals surface area contributed by atoms with E-state index in [1.54, 1.807) is 15.9 Å². The van der Waals surface area contributed by atoms with Gasteiger partial charge in [-0.05, 0) is 18.2 Å². The zero-order valence-electron chi connectivity index (χ0n) is 13.8. The Bertz CT molecular complexity index is 777. The Hall–Kier alpha value is -2.84. The van der Waals surface area contributed by atoms with Crippen molar-refractivity contribution >= 4 is 11.6 Å². The van der Waals surface area contributed by atoms with Crippen molar-refractivity contribution in [3.8, 4) is 11.8 Å². The summed E-state index contributed by atoms with van der Waals surface area (Å²) in [5.41, 5.74) is -0.236. The topological polar surface area (TPSA) is 68.9 Å². The number of piperazine rings is 1. The van der Waals surface area contributed by atoms with Crippen molar-refractivity contribution in [2.24, 2.45) is 0 Å². The van der Waals surface area contributed by atoms with Gasteiger partial charge in [0, 0.05) is 44.0 Å². The molecule has 0 aliphatic carbocycles. The lowest BCUT2D eigenvalue weighted by molar-refractivity contribution is -0.137. The Morgan fingerprint density at radius 1 is 1.00 bits per heavy atom. The molecule has 1 fully saturated rings. The van der Waals surface area contributed by atoms with E-state index in [0.29, 0.717) is 31.9 Å². The highest BCUT2D eigenvalue weighted by atomic mass is 19.4. The number of nitrogens with zero attached hydrogens (tertiary/aromatic N) is 3. The van der Waals surface area contributed by atoms with Gasteiger partial charge in [0.05, 0.1) is 5.56 Å². The van der Waals surface area contributed by atoms with E-state index in [0.717, 1.165) is 16.7 Å². The van der Waals surface area contributed by atoms with Gasteiger partial charge in [-0.1, -0.05) is 6.07 Å². The summed E-state index contributed by atoms with van der Waals surface area (Å²) in [6, 6.07) is 7.69. The van der Waals surface area contributed by atoms with E-state index in [9.17, 15) is 28.2 Å². The minimum absolute atomic E-state index is 0.200. The Balaban J connectivity index is 1.62. The van der Waals surface area contributed by atoms with Crippen molar-refractivity contribution < 1.29 is 28.2 Å². The molecule has 0 radical (unpaired) electrons. The molecule has 0 bridgehead atoms. The fourth-order valence-corrected chi connectivity index (χ4v) is 2.94. The molecule has 0 spiro atoms. The Morgan fingerprint density at radius 3 is 2.19 bits per heavy atom. The van der Waals surface area contributed by atoms with Crippen LogP contribution in [0.2, 0.25) is 0 Å². The predicted octanol–water partition coefficient (Wildman–Crippen LogP) is 2.27. The Kier molecular flexibility index (Phi) is 4.71. The lowest BCUT2D eigenvalue weighted by atomic mass is 10.1. The van der Waals surface area contributed by atoms with Crippen LogP contribution < -0.4 is 4.90 Å². The molecule has 1 saturated heterocycles. The van der Waals surface area contributed by atoms with E-state index in [1.807, 2.05) is 0 Å². The summed E-state index contributed by atoms with van der Waals surface area (Å²) in [6.07, 6.45) is -4.39. The Labute approximate surface area is 147 Å². The van der Waals surface area contributed by atoms with E-state index in [1.165, 1.54) is 18.2 Å². The number of rotatable bonds is 3. The molecule has 1 aliphatic heterocycles. The lowest BCUT2D eigenvalue weighted by Gasteiger charge is -2.36. The van der Waals surface area contributed by atoms with Crippen LogP contribution in [0.4, 0.5) is 18.9 Å². The largest absolute Gasteiger partial charge is 0.494 e. The van der Waals surface area contributed by atoms with Crippen LogP contribution in [-0.2, 0) is 17.5 Å². The zero-order valence-corrected chi connectivity index (χ0v) is 13.8. The van der Waals surface area contributed by atoms with Gasteiger partial charge in [0.25, 0.3) is 0 Å². The molecule has 6 nitrogen and oxygen atoms in total. The van der Waals surface area contributed by atoms with Crippen molar-refractivity contribution in [2.75, 3.05) is 31.1 Å². The van der Waals surface area contributed by atoms with Gasteiger partial charge in [0.1, 0.15) is 6.54 Å². The third-order valence-electron chi connectivity index (χ3n) is 4.40. The van der Waals surface area contributed by atoms with Crippen LogP contribution in [0.1, 0.15) is 5.56 Å². The molecule has 2 heterocycles. The number of anilines is 1. The number of hydrogen-bond acceptors (Lipinski definition) is 4. The van der Waals surface area contributed by atoms with Crippen molar-refractivity contribution in [1.29, 1.82) is 0 Å².